The van der Waals surface area contributed by atoms with E-state index in [1.54, 1.807) is 0 Å². The second-order valence-electron chi connectivity index (χ2n) is 5.64. The lowest BCUT2D eigenvalue weighted by atomic mass is 10.2. The van der Waals surface area contributed by atoms with Gasteiger partial charge in [-0.1, -0.05) is 0 Å². The molecule has 1 aliphatic heterocycles. The van der Waals surface area contributed by atoms with E-state index in [1.807, 2.05) is 0 Å². The van der Waals surface area contributed by atoms with Crippen LogP contribution in [0.15, 0.2) is 11.5 Å². The number of esters is 2. The summed E-state index contributed by atoms with van der Waals surface area (Å²) in [5.41, 5.74) is 0. The van der Waals surface area contributed by atoms with Crippen LogP contribution in [0.4, 0.5) is 0 Å². The summed E-state index contributed by atoms with van der Waals surface area (Å²) in [6.45, 7) is 2.10. The van der Waals surface area contributed by atoms with Crippen LogP contribution in [0.5, 0.6) is 0 Å². The molecule has 0 saturated heterocycles. The number of quaternary nitrogens is 1. The Bertz CT molecular complexity index is 426. The molecule has 0 radical (unpaired) electrons. The van der Waals surface area contributed by atoms with E-state index in [0.717, 1.165) is 11.0 Å². The van der Waals surface area contributed by atoms with Crippen LogP contribution in [0.25, 0.3) is 0 Å². The first kappa shape index (κ1) is 20.2. The van der Waals surface area contributed by atoms with Crippen LogP contribution < -0.4 is 5.11 Å². The van der Waals surface area contributed by atoms with Crippen LogP contribution >= 0.6 is 0 Å². The number of rotatable bonds is 5. The lowest BCUT2D eigenvalue weighted by molar-refractivity contribution is -0.870. The molecule has 0 aromatic rings. The first-order valence-corrected chi connectivity index (χ1v) is 6.53. The Morgan fingerprint density at radius 2 is 2.00 bits per heavy atom. The van der Waals surface area contributed by atoms with E-state index in [0.29, 0.717) is 6.61 Å². The maximum absolute atomic E-state index is 10.6. The minimum atomic E-state index is -1.46. The molecule has 0 aromatic carbocycles. The zero-order chi connectivity index (χ0) is 17.5. The Morgan fingerprint density at radius 1 is 1.45 bits per heavy atom. The molecule has 9 nitrogen and oxygen atoms in total. The number of cyclic esters (lactones) is 1. The highest BCUT2D eigenvalue weighted by molar-refractivity contribution is 5.88. The van der Waals surface area contributed by atoms with Crippen LogP contribution in [0.2, 0.25) is 0 Å². The topological polar surface area (TPSA) is 136 Å². The molecular formula is C13H23NO8. The van der Waals surface area contributed by atoms with Gasteiger partial charge in [0.2, 0.25) is 0 Å². The van der Waals surface area contributed by atoms with Gasteiger partial charge in [-0.3, -0.25) is 4.79 Å². The first-order valence-electron chi connectivity index (χ1n) is 6.53. The summed E-state index contributed by atoms with van der Waals surface area (Å²) in [7, 11) is 6.18. The first-order chi connectivity index (χ1) is 9.99. The lowest BCUT2D eigenvalue weighted by Gasteiger charge is -2.23. The molecule has 0 fully saturated rings. The Hall–Kier alpha value is -1.84. The molecule has 0 spiro atoms. The van der Waals surface area contributed by atoms with Crippen molar-refractivity contribution in [2.24, 2.45) is 0 Å². The van der Waals surface area contributed by atoms with Gasteiger partial charge in [-0.05, 0) is 0 Å². The van der Waals surface area contributed by atoms with Gasteiger partial charge in [-0.2, -0.15) is 0 Å². The third-order valence-corrected chi connectivity index (χ3v) is 2.53. The van der Waals surface area contributed by atoms with E-state index >= 15 is 0 Å². The molecular weight excluding hydrogens is 298 g/mol. The molecule has 0 saturated carbocycles. The van der Waals surface area contributed by atoms with E-state index < -0.39 is 36.3 Å². The van der Waals surface area contributed by atoms with Crippen LogP contribution in [-0.2, 0) is 19.1 Å². The molecule has 9 heteroatoms. The van der Waals surface area contributed by atoms with Crippen LogP contribution in [0.1, 0.15) is 6.92 Å². The van der Waals surface area contributed by atoms with Crippen LogP contribution in [-0.4, -0.2) is 84.9 Å². The van der Waals surface area contributed by atoms with Crippen molar-refractivity contribution in [2.45, 2.75) is 19.1 Å². The van der Waals surface area contributed by atoms with Gasteiger partial charge in [0.15, 0.2) is 6.10 Å². The molecule has 1 aliphatic rings. The highest BCUT2D eigenvalue weighted by atomic mass is 16.6. The number of ether oxygens (including phenoxy) is 2. The van der Waals surface area contributed by atoms with Crippen molar-refractivity contribution < 1.29 is 44.0 Å². The maximum atomic E-state index is 10.6. The van der Waals surface area contributed by atoms with Gasteiger partial charge < -0.3 is 34.4 Å². The van der Waals surface area contributed by atoms with Gasteiger partial charge >= 0.3 is 11.9 Å². The zero-order valence-electron chi connectivity index (χ0n) is 13.1. The third-order valence-electron chi connectivity index (χ3n) is 2.53. The quantitative estimate of drug-likeness (QED) is 0.378. The summed E-state index contributed by atoms with van der Waals surface area (Å²) in [6.07, 6.45) is -2.88. The number of aliphatic hydroxyl groups excluding tert-OH is 3. The van der Waals surface area contributed by atoms with Crippen molar-refractivity contribution >= 4 is 11.9 Å². The SMILES string of the molecule is CC(=O)OCC[N+](C)(C)C.O=C1O[C@H]([C@@H](O)CO)C(O)=C1[O-]. The zero-order valence-corrected chi connectivity index (χ0v) is 13.1. The molecule has 3 N–H and O–H groups in total. The van der Waals surface area contributed by atoms with Gasteiger partial charge in [-0.15, -0.1) is 0 Å². The monoisotopic (exact) mass is 321 g/mol. The Morgan fingerprint density at radius 3 is 2.32 bits per heavy atom. The molecule has 1 heterocycles. The fourth-order valence-corrected chi connectivity index (χ4v) is 1.28. The summed E-state index contributed by atoms with van der Waals surface area (Å²) >= 11 is 0. The number of carbonyl (C=O) groups is 2. The predicted octanol–water partition coefficient (Wildman–Crippen LogP) is -2.35. The van der Waals surface area contributed by atoms with E-state index in [-0.39, 0.29) is 5.97 Å². The van der Waals surface area contributed by atoms with Gasteiger partial charge in [0.1, 0.15) is 25.0 Å². The van der Waals surface area contributed by atoms with Crippen molar-refractivity contribution in [1.82, 2.24) is 0 Å². The second-order valence-corrected chi connectivity index (χ2v) is 5.64. The van der Waals surface area contributed by atoms with Gasteiger partial charge in [0.05, 0.1) is 27.7 Å². The van der Waals surface area contributed by atoms with Crippen molar-refractivity contribution in [3.63, 3.8) is 0 Å². The van der Waals surface area contributed by atoms with E-state index in [9.17, 15) is 14.7 Å². The Labute approximate surface area is 128 Å². The number of nitrogens with zero attached hydrogens (tertiary/aromatic N) is 1. The highest BCUT2D eigenvalue weighted by Gasteiger charge is 2.34. The minimum absolute atomic E-state index is 0.201. The molecule has 0 bridgehead atoms. The third kappa shape index (κ3) is 7.25. The molecule has 1 rings (SSSR count). The summed E-state index contributed by atoms with van der Waals surface area (Å²) < 4.78 is 9.84. The summed E-state index contributed by atoms with van der Waals surface area (Å²) in [5.74, 6) is -3.45. The van der Waals surface area contributed by atoms with Crippen molar-refractivity contribution in [3.8, 4) is 0 Å². The largest absolute Gasteiger partial charge is 0.865 e. The average Bonchev–Trinajstić information content (AvgIpc) is 2.64. The van der Waals surface area contributed by atoms with E-state index in [4.69, 9.17) is 20.1 Å². The highest BCUT2D eigenvalue weighted by Crippen LogP contribution is 2.19. The van der Waals surface area contributed by atoms with Crippen molar-refractivity contribution in [2.75, 3.05) is 40.9 Å². The standard InChI is InChI=1S/C7H16NO2.C6H8O6/c1-7(9)10-6-5-8(2,3)4;7-1-2(8)5-3(9)4(10)6(11)12-5/h5-6H2,1-4H3;2,5,7-10H,1H2/q+1;/p-1/t;2-,5+/m.0/s1. The molecule has 0 aromatic heterocycles. The molecule has 0 amide bonds. The molecule has 128 valence electrons. The second kappa shape index (κ2) is 8.57. The van der Waals surface area contributed by atoms with E-state index in [1.165, 1.54) is 6.92 Å². The van der Waals surface area contributed by atoms with Crippen molar-refractivity contribution in [3.05, 3.63) is 11.5 Å². The maximum Gasteiger partial charge on any atom is 0.327 e. The van der Waals surface area contributed by atoms with Gasteiger partial charge in [0, 0.05) is 12.7 Å². The fourth-order valence-electron chi connectivity index (χ4n) is 1.28. The van der Waals surface area contributed by atoms with Crippen LogP contribution in [0, 0.1) is 0 Å². The predicted molar refractivity (Wildman–Crippen MR) is 72.2 cm³/mol. The minimum Gasteiger partial charge on any atom is -0.865 e. The number of aliphatic hydroxyl groups is 3. The molecule has 22 heavy (non-hydrogen) atoms. The molecule has 2 atom stereocenters. The summed E-state index contributed by atoms with van der Waals surface area (Å²) in [4.78, 5) is 20.8. The summed E-state index contributed by atoms with van der Waals surface area (Å²) in [6, 6.07) is 0. The van der Waals surface area contributed by atoms with Crippen molar-refractivity contribution in [1.29, 1.82) is 0 Å². The van der Waals surface area contributed by atoms with Crippen LogP contribution in [0.3, 0.4) is 0 Å². The number of likely N-dealkylation sites (N-methyl/N-ethyl adjacent to an activating group) is 1. The normalized spacial score (nSPS) is 19.2. The van der Waals surface area contributed by atoms with E-state index in [2.05, 4.69) is 25.9 Å². The number of hydrogen-bond acceptors (Lipinski definition) is 8. The fraction of sp³-hybridized carbons (Fsp3) is 0.692. The smallest absolute Gasteiger partial charge is 0.327 e. The Kier molecular flexibility index (Phi) is 7.85. The molecule has 0 aliphatic carbocycles. The summed E-state index contributed by atoms with van der Waals surface area (Å²) in [5, 5.41) is 36.8. The van der Waals surface area contributed by atoms with Gasteiger partial charge in [-0.25, -0.2) is 4.79 Å². The average molecular weight is 321 g/mol. The number of carbonyl (C=O) groups excluding carboxylic acids is 2. The number of hydrogen-bond donors (Lipinski definition) is 3. The molecule has 0 unspecified atom stereocenters. The lowest BCUT2D eigenvalue weighted by Crippen LogP contribution is -2.37. The van der Waals surface area contributed by atoms with Gasteiger partial charge in [0.25, 0.3) is 0 Å². The Balaban J connectivity index is 0.000000409.